The second-order valence-electron chi connectivity index (χ2n) is 5.62. The first-order chi connectivity index (χ1) is 12.9. The minimum Gasteiger partial charge on any atom is -0.504 e. The molecule has 1 fully saturated rings. The van der Waals surface area contributed by atoms with Crippen LogP contribution in [0.5, 0.6) is 11.5 Å². The Morgan fingerprint density at radius 2 is 2.00 bits per heavy atom. The lowest BCUT2D eigenvalue weighted by atomic mass is 10.1. The van der Waals surface area contributed by atoms with Gasteiger partial charge in [0.25, 0.3) is 5.91 Å². The van der Waals surface area contributed by atoms with E-state index in [1.165, 1.54) is 24.1 Å². The molecule has 2 aromatic rings. The fourth-order valence-electron chi connectivity index (χ4n) is 2.43. The number of carboxylic acid groups (broad SMARTS) is 1. The van der Waals surface area contributed by atoms with Crippen LogP contribution >= 0.6 is 11.8 Å². The Bertz CT molecular complexity index is 984. The first-order valence-electron chi connectivity index (χ1n) is 7.86. The summed E-state index contributed by atoms with van der Waals surface area (Å²) in [5.41, 5.74) is 1.00. The monoisotopic (exact) mass is 384 g/mol. The molecule has 27 heavy (non-hydrogen) atoms. The number of ether oxygens (including phenoxy) is 1. The maximum absolute atomic E-state index is 12.5. The van der Waals surface area contributed by atoms with Crippen molar-refractivity contribution in [3.63, 3.8) is 0 Å². The summed E-state index contributed by atoms with van der Waals surface area (Å²) in [5.74, 6) is -1.05. The van der Waals surface area contributed by atoms with Crippen molar-refractivity contribution < 1.29 is 24.5 Å². The topological polar surface area (TPSA) is 99.4 Å². The normalized spacial score (nSPS) is 17.0. The van der Waals surface area contributed by atoms with Crippen molar-refractivity contribution in [2.24, 2.45) is 4.99 Å². The summed E-state index contributed by atoms with van der Waals surface area (Å²) >= 11 is 1.14. The highest BCUT2D eigenvalue weighted by atomic mass is 32.2. The molecule has 3 rings (SSSR count). The molecule has 0 saturated carbocycles. The molecular formula is C19H16N2O5S. The number of nitrogens with zero attached hydrogens (tertiary/aromatic N) is 2. The maximum Gasteiger partial charge on any atom is 0.335 e. The van der Waals surface area contributed by atoms with Crippen molar-refractivity contribution in [3.8, 4) is 11.5 Å². The maximum atomic E-state index is 12.5. The van der Waals surface area contributed by atoms with Gasteiger partial charge in [-0.1, -0.05) is 18.2 Å². The number of aromatic hydroxyl groups is 1. The summed E-state index contributed by atoms with van der Waals surface area (Å²) in [6, 6.07) is 11.2. The van der Waals surface area contributed by atoms with E-state index in [1.807, 2.05) is 0 Å². The summed E-state index contributed by atoms with van der Waals surface area (Å²) in [7, 11) is 3.03. The summed E-state index contributed by atoms with van der Waals surface area (Å²) < 4.78 is 5.08. The Balaban J connectivity index is 1.93. The van der Waals surface area contributed by atoms with Gasteiger partial charge < -0.3 is 14.9 Å². The van der Waals surface area contributed by atoms with E-state index in [-0.39, 0.29) is 17.2 Å². The Labute approximate surface area is 159 Å². The van der Waals surface area contributed by atoms with E-state index < -0.39 is 5.97 Å². The summed E-state index contributed by atoms with van der Waals surface area (Å²) in [6.07, 6.45) is 1.57. The van der Waals surface area contributed by atoms with Gasteiger partial charge in [0.2, 0.25) is 0 Å². The first kappa shape index (κ1) is 18.5. The molecule has 0 aromatic heterocycles. The first-order valence-corrected chi connectivity index (χ1v) is 8.68. The highest BCUT2D eigenvalue weighted by Gasteiger charge is 2.30. The molecule has 0 atom stereocenters. The number of hydrogen-bond acceptors (Lipinski definition) is 6. The van der Waals surface area contributed by atoms with E-state index in [9.17, 15) is 14.7 Å². The minimum atomic E-state index is -1.05. The zero-order valence-corrected chi connectivity index (χ0v) is 15.4. The molecule has 0 aliphatic carbocycles. The van der Waals surface area contributed by atoms with Gasteiger partial charge in [-0.25, -0.2) is 9.79 Å². The summed E-state index contributed by atoms with van der Waals surface area (Å²) in [6.45, 7) is 0. The van der Waals surface area contributed by atoms with E-state index >= 15 is 0 Å². The third-order valence-electron chi connectivity index (χ3n) is 3.86. The molecule has 0 radical (unpaired) electrons. The van der Waals surface area contributed by atoms with Crippen molar-refractivity contribution >= 4 is 40.6 Å². The van der Waals surface area contributed by atoms with Gasteiger partial charge in [-0.2, -0.15) is 0 Å². The highest BCUT2D eigenvalue weighted by Crippen LogP contribution is 2.37. The number of para-hydroxylation sites is 1. The smallest absolute Gasteiger partial charge is 0.335 e. The molecule has 0 spiro atoms. The number of benzene rings is 2. The molecule has 8 heteroatoms. The number of carbonyl (C=O) groups excluding carboxylic acids is 1. The number of likely N-dealkylation sites (N-methyl/N-ethyl adjacent to an activating group) is 1. The van der Waals surface area contributed by atoms with E-state index in [0.29, 0.717) is 27.1 Å². The van der Waals surface area contributed by atoms with E-state index in [4.69, 9.17) is 9.84 Å². The van der Waals surface area contributed by atoms with Crippen molar-refractivity contribution in [1.29, 1.82) is 0 Å². The Hall–Kier alpha value is -3.26. The standard InChI is InChI=1S/C19H16N2O5S/c1-21-17(23)15(10-11-5-4-8-14(26-2)16(11)22)27-19(21)20-13-7-3-6-12(9-13)18(24)25/h3-10,22H,1-2H3,(H,24,25)/b15-10+,20-19?. The predicted octanol–water partition coefficient (Wildman–Crippen LogP) is 3.33. The predicted molar refractivity (Wildman–Crippen MR) is 103 cm³/mol. The van der Waals surface area contributed by atoms with Crippen LogP contribution in [0, 0.1) is 0 Å². The zero-order chi connectivity index (χ0) is 19.6. The van der Waals surface area contributed by atoms with Gasteiger partial charge in [-0.15, -0.1) is 0 Å². The average molecular weight is 384 g/mol. The van der Waals surface area contributed by atoms with Crippen LogP contribution in [0.2, 0.25) is 0 Å². The van der Waals surface area contributed by atoms with Crippen molar-refractivity contribution in [2.75, 3.05) is 14.2 Å². The van der Waals surface area contributed by atoms with Gasteiger partial charge in [0.1, 0.15) is 0 Å². The molecular weight excluding hydrogens is 368 g/mol. The van der Waals surface area contributed by atoms with Gasteiger partial charge in [-0.05, 0) is 42.1 Å². The summed E-state index contributed by atoms with van der Waals surface area (Å²) in [4.78, 5) is 29.7. The van der Waals surface area contributed by atoms with Crippen molar-refractivity contribution in [2.45, 2.75) is 0 Å². The van der Waals surface area contributed by atoms with Crippen LogP contribution in [0.1, 0.15) is 15.9 Å². The number of amides is 1. The minimum absolute atomic E-state index is 0.0527. The number of aliphatic imine (C=N–C) groups is 1. The third kappa shape index (κ3) is 3.80. The van der Waals surface area contributed by atoms with Crippen LogP contribution in [0.15, 0.2) is 52.4 Å². The summed E-state index contributed by atoms with van der Waals surface area (Å²) in [5, 5.41) is 19.7. The van der Waals surface area contributed by atoms with Crippen LogP contribution < -0.4 is 4.74 Å². The molecule has 1 saturated heterocycles. The van der Waals surface area contributed by atoms with Crippen LogP contribution in [0.25, 0.3) is 6.08 Å². The molecule has 7 nitrogen and oxygen atoms in total. The Kier molecular flexibility index (Phi) is 5.18. The van der Waals surface area contributed by atoms with Gasteiger partial charge >= 0.3 is 5.97 Å². The zero-order valence-electron chi connectivity index (χ0n) is 14.5. The molecule has 1 amide bonds. The SMILES string of the molecule is COc1cccc(/C=C2/SC(=Nc3cccc(C(=O)O)c3)N(C)C2=O)c1O. The Morgan fingerprint density at radius 1 is 1.26 bits per heavy atom. The largest absolute Gasteiger partial charge is 0.504 e. The van der Waals surface area contributed by atoms with Crippen LogP contribution in [0.3, 0.4) is 0 Å². The van der Waals surface area contributed by atoms with Gasteiger partial charge in [0.15, 0.2) is 16.7 Å². The van der Waals surface area contributed by atoms with Crippen LogP contribution in [-0.4, -0.2) is 46.3 Å². The molecule has 0 unspecified atom stereocenters. The fourth-order valence-corrected chi connectivity index (χ4v) is 3.41. The fraction of sp³-hybridized carbons (Fsp3) is 0.105. The molecule has 1 heterocycles. The lowest BCUT2D eigenvalue weighted by molar-refractivity contribution is -0.121. The number of carboxylic acids is 1. The van der Waals surface area contributed by atoms with Gasteiger partial charge in [0.05, 0.1) is 23.3 Å². The van der Waals surface area contributed by atoms with E-state index in [0.717, 1.165) is 11.8 Å². The second-order valence-corrected chi connectivity index (χ2v) is 6.63. The molecule has 2 N–H and O–H groups in total. The molecule has 1 aliphatic heterocycles. The van der Waals surface area contributed by atoms with Crippen LogP contribution in [-0.2, 0) is 4.79 Å². The molecule has 138 valence electrons. The van der Waals surface area contributed by atoms with Crippen LogP contribution in [0.4, 0.5) is 5.69 Å². The number of methoxy groups -OCH3 is 1. The van der Waals surface area contributed by atoms with Crippen molar-refractivity contribution in [1.82, 2.24) is 4.90 Å². The number of thioether (sulfide) groups is 1. The average Bonchev–Trinajstić information content (AvgIpc) is 2.91. The van der Waals surface area contributed by atoms with Crippen molar-refractivity contribution in [3.05, 3.63) is 58.5 Å². The highest BCUT2D eigenvalue weighted by molar-refractivity contribution is 8.18. The molecule has 0 bridgehead atoms. The number of phenolic OH excluding ortho intramolecular Hbond substituents is 1. The number of phenols is 1. The number of rotatable bonds is 4. The Morgan fingerprint density at radius 3 is 2.70 bits per heavy atom. The number of aromatic carboxylic acids is 1. The lowest BCUT2D eigenvalue weighted by Gasteiger charge is -2.07. The van der Waals surface area contributed by atoms with E-state index in [2.05, 4.69) is 4.99 Å². The quantitative estimate of drug-likeness (QED) is 0.785. The van der Waals surface area contributed by atoms with Gasteiger partial charge in [0, 0.05) is 12.6 Å². The second kappa shape index (κ2) is 7.55. The van der Waals surface area contributed by atoms with Gasteiger partial charge in [-0.3, -0.25) is 9.69 Å². The molecule has 1 aliphatic rings. The number of amidine groups is 1. The van der Waals surface area contributed by atoms with E-state index in [1.54, 1.807) is 43.5 Å². The molecule has 2 aromatic carbocycles. The number of carbonyl (C=O) groups is 2. The number of hydrogen-bond donors (Lipinski definition) is 2. The lowest BCUT2D eigenvalue weighted by Crippen LogP contribution is -2.23. The third-order valence-corrected chi connectivity index (χ3v) is 4.92.